The summed E-state index contributed by atoms with van der Waals surface area (Å²) in [5.74, 6) is 1.32. The molecule has 1 amide bonds. The molecule has 0 saturated heterocycles. The molecular formula is C26H23N5O3. The van der Waals surface area contributed by atoms with Crippen LogP contribution in [-0.4, -0.2) is 34.2 Å². The van der Waals surface area contributed by atoms with Gasteiger partial charge in [0.15, 0.2) is 5.65 Å². The zero-order valence-electron chi connectivity index (χ0n) is 18.8. The highest BCUT2D eigenvalue weighted by atomic mass is 16.5. The van der Waals surface area contributed by atoms with Crippen LogP contribution < -0.4 is 20.5 Å². The van der Waals surface area contributed by atoms with Gasteiger partial charge in [-0.1, -0.05) is 12.1 Å². The van der Waals surface area contributed by atoms with Gasteiger partial charge in [-0.05, 0) is 67.6 Å². The van der Waals surface area contributed by atoms with Gasteiger partial charge in [0.2, 0.25) is 0 Å². The highest BCUT2D eigenvalue weighted by molar-refractivity contribution is 6.16. The molecule has 34 heavy (non-hydrogen) atoms. The SMILES string of the molecule is CCOc1ccc(NC(=O)c2c(N)n(-c3ccc(OC)cc3)c3nc4ccccc4nc23)cc1. The molecular weight excluding hydrogens is 430 g/mol. The summed E-state index contributed by atoms with van der Waals surface area (Å²) < 4.78 is 12.5. The summed E-state index contributed by atoms with van der Waals surface area (Å²) in [5.41, 5.74) is 10.5. The molecule has 0 aliphatic heterocycles. The van der Waals surface area contributed by atoms with Crippen molar-refractivity contribution in [2.75, 3.05) is 24.8 Å². The van der Waals surface area contributed by atoms with Gasteiger partial charge >= 0.3 is 0 Å². The summed E-state index contributed by atoms with van der Waals surface area (Å²) in [4.78, 5) is 23.0. The molecule has 0 fully saturated rings. The molecule has 3 N–H and O–H groups in total. The van der Waals surface area contributed by atoms with Crippen LogP contribution >= 0.6 is 0 Å². The number of amides is 1. The number of hydrogen-bond donors (Lipinski definition) is 2. The Hall–Kier alpha value is -4.59. The molecule has 0 saturated carbocycles. The lowest BCUT2D eigenvalue weighted by atomic mass is 10.2. The first-order valence-electron chi connectivity index (χ1n) is 10.8. The number of nitrogens with one attached hydrogen (secondary N) is 1. The van der Waals surface area contributed by atoms with Crippen molar-refractivity contribution in [3.05, 3.63) is 78.4 Å². The van der Waals surface area contributed by atoms with E-state index in [0.29, 0.717) is 40.2 Å². The number of para-hydroxylation sites is 2. The van der Waals surface area contributed by atoms with Crippen molar-refractivity contribution in [2.24, 2.45) is 0 Å². The number of methoxy groups -OCH3 is 1. The van der Waals surface area contributed by atoms with E-state index in [1.165, 1.54) is 0 Å². The Kier molecular flexibility index (Phi) is 5.47. The average Bonchev–Trinajstić information content (AvgIpc) is 3.14. The topological polar surface area (TPSA) is 104 Å². The van der Waals surface area contributed by atoms with Crippen LogP contribution in [0.4, 0.5) is 11.5 Å². The first-order chi connectivity index (χ1) is 16.6. The number of anilines is 2. The summed E-state index contributed by atoms with van der Waals surface area (Å²) in [6.45, 7) is 2.49. The predicted molar refractivity (Wildman–Crippen MR) is 133 cm³/mol. The number of nitrogens with two attached hydrogens (primary N) is 1. The van der Waals surface area contributed by atoms with Gasteiger partial charge in [-0.3, -0.25) is 9.36 Å². The van der Waals surface area contributed by atoms with Crippen LogP contribution in [0.15, 0.2) is 72.8 Å². The minimum atomic E-state index is -0.372. The number of carbonyl (C=O) groups excluding carboxylic acids is 1. The lowest BCUT2D eigenvalue weighted by molar-refractivity contribution is 0.102. The van der Waals surface area contributed by atoms with Crippen LogP contribution in [0.3, 0.4) is 0 Å². The van der Waals surface area contributed by atoms with Gasteiger partial charge in [0, 0.05) is 11.4 Å². The van der Waals surface area contributed by atoms with Gasteiger partial charge in [-0.25, -0.2) is 9.97 Å². The maximum Gasteiger partial charge on any atom is 0.261 e. The Bertz CT molecular complexity index is 1490. The average molecular weight is 454 g/mol. The van der Waals surface area contributed by atoms with Gasteiger partial charge in [0.25, 0.3) is 5.91 Å². The van der Waals surface area contributed by atoms with Gasteiger partial charge in [-0.2, -0.15) is 0 Å². The summed E-state index contributed by atoms with van der Waals surface area (Å²) in [7, 11) is 1.61. The maximum atomic E-state index is 13.4. The summed E-state index contributed by atoms with van der Waals surface area (Å²) in [6, 6.07) is 22.1. The lowest BCUT2D eigenvalue weighted by Gasteiger charge is -2.09. The number of fused-ring (bicyclic) bond motifs is 2. The molecule has 0 unspecified atom stereocenters. The normalized spacial score (nSPS) is 11.0. The summed E-state index contributed by atoms with van der Waals surface area (Å²) >= 11 is 0. The zero-order chi connectivity index (χ0) is 23.7. The van der Waals surface area contributed by atoms with E-state index in [0.717, 1.165) is 11.4 Å². The third-order valence-electron chi connectivity index (χ3n) is 5.48. The van der Waals surface area contributed by atoms with Crippen LogP contribution in [0.5, 0.6) is 11.5 Å². The number of carbonyl (C=O) groups is 1. The smallest absolute Gasteiger partial charge is 0.261 e. The van der Waals surface area contributed by atoms with Crippen LogP contribution in [-0.2, 0) is 0 Å². The molecule has 8 heteroatoms. The third-order valence-corrected chi connectivity index (χ3v) is 5.48. The Labute approximate surface area is 196 Å². The summed E-state index contributed by atoms with van der Waals surface area (Å²) in [6.07, 6.45) is 0. The molecule has 5 aromatic rings. The fraction of sp³-hybridized carbons (Fsp3) is 0.115. The van der Waals surface area contributed by atoms with Crippen molar-refractivity contribution in [3.8, 4) is 17.2 Å². The number of ether oxygens (including phenoxy) is 2. The van der Waals surface area contributed by atoms with E-state index in [-0.39, 0.29) is 17.3 Å². The molecule has 8 nitrogen and oxygen atoms in total. The predicted octanol–water partition coefficient (Wildman–Crippen LogP) is 4.82. The minimum Gasteiger partial charge on any atom is -0.497 e. The number of hydrogen-bond acceptors (Lipinski definition) is 6. The second-order valence-electron chi connectivity index (χ2n) is 7.59. The molecule has 0 spiro atoms. The van der Waals surface area contributed by atoms with E-state index in [4.69, 9.17) is 25.2 Å². The molecule has 0 radical (unpaired) electrons. The molecule has 2 heterocycles. The van der Waals surface area contributed by atoms with Crippen LogP contribution in [0.25, 0.3) is 27.9 Å². The van der Waals surface area contributed by atoms with Crippen molar-refractivity contribution in [1.29, 1.82) is 0 Å². The molecule has 5 rings (SSSR count). The Morgan fingerprint density at radius 1 is 0.941 bits per heavy atom. The van der Waals surface area contributed by atoms with E-state index in [1.807, 2.05) is 55.5 Å². The molecule has 0 atom stereocenters. The third kappa shape index (κ3) is 3.75. The molecule has 0 aliphatic rings. The Balaban J connectivity index is 1.64. The van der Waals surface area contributed by atoms with Crippen molar-refractivity contribution in [1.82, 2.24) is 14.5 Å². The van der Waals surface area contributed by atoms with Crippen LogP contribution in [0, 0.1) is 0 Å². The quantitative estimate of drug-likeness (QED) is 0.382. The monoisotopic (exact) mass is 453 g/mol. The first kappa shape index (κ1) is 21.3. The van der Waals surface area contributed by atoms with Crippen molar-refractivity contribution in [2.45, 2.75) is 6.92 Å². The van der Waals surface area contributed by atoms with E-state index in [1.54, 1.807) is 35.9 Å². The molecule has 2 aromatic heterocycles. The van der Waals surface area contributed by atoms with Crippen molar-refractivity contribution in [3.63, 3.8) is 0 Å². The van der Waals surface area contributed by atoms with Crippen LogP contribution in [0.2, 0.25) is 0 Å². The van der Waals surface area contributed by atoms with Crippen molar-refractivity contribution >= 4 is 39.6 Å². The van der Waals surface area contributed by atoms with E-state index in [2.05, 4.69) is 5.32 Å². The standard InChI is InChI=1S/C26H23N5O3/c1-3-34-19-12-8-16(9-13-19)28-26(32)22-23-25(30-21-7-5-4-6-20(21)29-23)31(24(22)27)17-10-14-18(33-2)15-11-17/h4-15H,3,27H2,1-2H3,(H,28,32). The lowest BCUT2D eigenvalue weighted by Crippen LogP contribution is -2.14. The van der Waals surface area contributed by atoms with Gasteiger partial charge in [-0.15, -0.1) is 0 Å². The molecule has 0 aliphatic carbocycles. The number of benzene rings is 3. The van der Waals surface area contributed by atoms with Gasteiger partial charge in [0.1, 0.15) is 28.4 Å². The first-order valence-corrected chi connectivity index (χ1v) is 10.8. The number of nitrogen functional groups attached to an aromatic ring is 1. The van der Waals surface area contributed by atoms with Crippen molar-refractivity contribution < 1.29 is 14.3 Å². The molecule has 3 aromatic carbocycles. The Morgan fingerprint density at radius 3 is 2.24 bits per heavy atom. The van der Waals surface area contributed by atoms with E-state index < -0.39 is 0 Å². The van der Waals surface area contributed by atoms with Gasteiger partial charge < -0.3 is 20.5 Å². The van der Waals surface area contributed by atoms with Gasteiger partial charge in [0.05, 0.1) is 24.8 Å². The van der Waals surface area contributed by atoms with E-state index in [9.17, 15) is 4.79 Å². The minimum absolute atomic E-state index is 0.249. The number of nitrogens with zero attached hydrogens (tertiary/aromatic N) is 3. The maximum absolute atomic E-state index is 13.4. The zero-order valence-corrected chi connectivity index (χ0v) is 18.8. The summed E-state index contributed by atoms with van der Waals surface area (Å²) in [5, 5.41) is 2.92. The second kappa shape index (κ2) is 8.74. The molecule has 0 bridgehead atoms. The highest BCUT2D eigenvalue weighted by Gasteiger charge is 2.25. The van der Waals surface area contributed by atoms with E-state index >= 15 is 0 Å². The second-order valence-corrected chi connectivity index (χ2v) is 7.59. The number of rotatable bonds is 6. The Morgan fingerprint density at radius 2 is 1.59 bits per heavy atom. The highest BCUT2D eigenvalue weighted by Crippen LogP contribution is 2.32. The molecule has 170 valence electrons. The largest absolute Gasteiger partial charge is 0.497 e. The van der Waals surface area contributed by atoms with Crippen LogP contribution in [0.1, 0.15) is 17.3 Å². The number of aromatic nitrogens is 3. The fourth-order valence-electron chi connectivity index (χ4n) is 3.87. The fourth-order valence-corrected chi connectivity index (χ4v) is 3.87.